The van der Waals surface area contributed by atoms with Gasteiger partial charge in [-0.1, -0.05) is 5.16 Å². The number of aryl methyl sites for hydroxylation is 1. The van der Waals surface area contributed by atoms with Crippen molar-refractivity contribution in [1.29, 1.82) is 0 Å². The van der Waals surface area contributed by atoms with E-state index in [1.54, 1.807) is 27.1 Å². The van der Waals surface area contributed by atoms with Crippen LogP contribution in [0, 0.1) is 6.92 Å². The van der Waals surface area contributed by atoms with E-state index >= 15 is 0 Å². The Balaban J connectivity index is 2.01. The van der Waals surface area contributed by atoms with Crippen LogP contribution in [-0.4, -0.2) is 45.3 Å². The molecule has 8 heteroatoms. The minimum absolute atomic E-state index is 0.238. The van der Waals surface area contributed by atoms with Gasteiger partial charge in [0.25, 0.3) is 5.91 Å². The van der Waals surface area contributed by atoms with E-state index in [0.29, 0.717) is 24.0 Å². The Bertz CT molecular complexity index is 562. The summed E-state index contributed by atoms with van der Waals surface area (Å²) in [6.45, 7) is 2.38. The van der Waals surface area contributed by atoms with E-state index in [1.807, 2.05) is 0 Å². The van der Waals surface area contributed by atoms with Crippen LogP contribution in [0.3, 0.4) is 0 Å². The van der Waals surface area contributed by atoms with Gasteiger partial charge in [-0.3, -0.25) is 9.89 Å². The van der Waals surface area contributed by atoms with E-state index < -0.39 is 0 Å². The monoisotopic (exact) mass is 265 g/mol. The molecule has 8 nitrogen and oxygen atoms in total. The Morgan fingerprint density at radius 3 is 3.00 bits per heavy atom. The first-order valence-electron chi connectivity index (χ1n) is 5.68. The maximum Gasteiger partial charge on any atom is 0.276 e. The number of nitrogens with zero attached hydrogens (tertiary/aromatic N) is 4. The lowest BCUT2D eigenvalue weighted by Crippen LogP contribution is -2.27. The Hall–Kier alpha value is -2.22. The number of aromatic amines is 1. The molecule has 0 spiro atoms. The quantitative estimate of drug-likeness (QED) is 0.846. The zero-order valence-electron chi connectivity index (χ0n) is 11.0. The van der Waals surface area contributed by atoms with Crippen LogP contribution in [-0.2, 0) is 17.9 Å². The van der Waals surface area contributed by atoms with Crippen molar-refractivity contribution in [1.82, 2.24) is 25.2 Å². The number of carbonyl (C=O) groups excluding carboxylic acids is 1. The smallest absolute Gasteiger partial charge is 0.276 e. The molecule has 19 heavy (non-hydrogen) atoms. The second-order valence-electron chi connectivity index (χ2n) is 4.11. The molecule has 0 saturated carbocycles. The lowest BCUT2D eigenvalue weighted by Gasteiger charge is -2.12. The van der Waals surface area contributed by atoms with Crippen LogP contribution < -0.4 is 0 Å². The molecular formula is C11H15N5O3. The maximum atomic E-state index is 12.1. The number of aromatic nitrogens is 4. The van der Waals surface area contributed by atoms with Gasteiger partial charge in [0.2, 0.25) is 0 Å². The first-order chi connectivity index (χ1) is 9.10. The fourth-order valence-electron chi connectivity index (χ4n) is 1.56. The number of methoxy groups -OCH3 is 1. The Morgan fingerprint density at radius 2 is 2.37 bits per heavy atom. The van der Waals surface area contributed by atoms with Gasteiger partial charge in [-0.2, -0.15) is 5.10 Å². The standard InChI is InChI=1S/C11H15N5O3/c1-7-12-10(14-13-7)5-16(2)11(17)9-4-8(6-18-3)19-15-9/h4H,5-6H2,1-3H3,(H,12,13,14). The molecule has 0 atom stereocenters. The van der Waals surface area contributed by atoms with Crippen molar-refractivity contribution in [2.75, 3.05) is 14.2 Å². The highest BCUT2D eigenvalue weighted by atomic mass is 16.5. The average molecular weight is 265 g/mol. The molecule has 0 radical (unpaired) electrons. The first-order valence-corrected chi connectivity index (χ1v) is 5.68. The van der Waals surface area contributed by atoms with Gasteiger partial charge < -0.3 is 14.2 Å². The molecule has 2 rings (SSSR count). The van der Waals surface area contributed by atoms with Gasteiger partial charge in [0, 0.05) is 20.2 Å². The van der Waals surface area contributed by atoms with Crippen LogP contribution in [0.2, 0.25) is 0 Å². The molecule has 1 N–H and O–H groups in total. The summed E-state index contributed by atoms with van der Waals surface area (Å²) in [6, 6.07) is 1.56. The minimum Gasteiger partial charge on any atom is -0.377 e. The summed E-state index contributed by atoms with van der Waals surface area (Å²) in [5, 5.41) is 10.4. The number of nitrogens with one attached hydrogen (secondary N) is 1. The number of rotatable bonds is 5. The van der Waals surface area contributed by atoms with Gasteiger partial charge >= 0.3 is 0 Å². The van der Waals surface area contributed by atoms with Crippen molar-refractivity contribution in [3.63, 3.8) is 0 Å². The molecule has 0 saturated heterocycles. The van der Waals surface area contributed by atoms with E-state index in [0.717, 1.165) is 0 Å². The van der Waals surface area contributed by atoms with Crippen molar-refractivity contribution < 1.29 is 14.1 Å². The molecule has 1 amide bonds. The SMILES string of the molecule is COCc1cc(C(=O)N(C)Cc2n[nH]c(C)n2)no1. The molecule has 2 aromatic rings. The molecule has 0 aliphatic heterocycles. The van der Waals surface area contributed by atoms with Gasteiger partial charge in [0.1, 0.15) is 12.4 Å². The second-order valence-corrected chi connectivity index (χ2v) is 4.11. The highest BCUT2D eigenvalue weighted by Gasteiger charge is 2.18. The lowest BCUT2D eigenvalue weighted by atomic mass is 10.3. The number of H-pyrrole nitrogens is 1. The molecule has 0 aliphatic carbocycles. The zero-order chi connectivity index (χ0) is 13.8. The first kappa shape index (κ1) is 13.2. The third kappa shape index (κ3) is 3.16. The van der Waals surface area contributed by atoms with Gasteiger partial charge in [-0.05, 0) is 6.92 Å². The molecule has 2 heterocycles. The van der Waals surface area contributed by atoms with Crippen LogP contribution in [0.5, 0.6) is 0 Å². The van der Waals surface area contributed by atoms with Crippen molar-refractivity contribution in [3.8, 4) is 0 Å². The van der Waals surface area contributed by atoms with Crippen molar-refractivity contribution in [2.45, 2.75) is 20.1 Å². The molecule has 0 aromatic carbocycles. The van der Waals surface area contributed by atoms with Crippen LogP contribution in [0.15, 0.2) is 10.6 Å². The van der Waals surface area contributed by atoms with Gasteiger partial charge in [0.05, 0.1) is 6.54 Å². The molecule has 0 aliphatic rings. The maximum absolute atomic E-state index is 12.1. The largest absolute Gasteiger partial charge is 0.377 e. The molecular weight excluding hydrogens is 250 g/mol. The topological polar surface area (TPSA) is 97.1 Å². The van der Waals surface area contributed by atoms with E-state index in [4.69, 9.17) is 9.26 Å². The summed E-state index contributed by atoms with van der Waals surface area (Å²) in [5.74, 6) is 1.51. The number of amides is 1. The van der Waals surface area contributed by atoms with Crippen LogP contribution in [0.25, 0.3) is 0 Å². The third-order valence-electron chi connectivity index (χ3n) is 2.43. The predicted molar refractivity (Wildman–Crippen MR) is 64.1 cm³/mol. The van der Waals surface area contributed by atoms with E-state index in [1.165, 1.54) is 4.90 Å². The van der Waals surface area contributed by atoms with E-state index in [2.05, 4.69) is 20.3 Å². The average Bonchev–Trinajstić information content (AvgIpc) is 2.98. The second kappa shape index (κ2) is 5.61. The van der Waals surface area contributed by atoms with Crippen molar-refractivity contribution in [3.05, 3.63) is 29.2 Å². The molecule has 0 unspecified atom stereocenters. The normalized spacial score (nSPS) is 10.7. The highest BCUT2D eigenvalue weighted by Crippen LogP contribution is 2.08. The van der Waals surface area contributed by atoms with Crippen molar-refractivity contribution >= 4 is 5.91 Å². The summed E-state index contributed by atoms with van der Waals surface area (Å²) >= 11 is 0. The summed E-state index contributed by atoms with van der Waals surface area (Å²) in [6.07, 6.45) is 0. The van der Waals surface area contributed by atoms with Gasteiger partial charge in [-0.25, -0.2) is 4.98 Å². The molecule has 2 aromatic heterocycles. The summed E-state index contributed by atoms with van der Waals surface area (Å²) in [5.41, 5.74) is 0.238. The summed E-state index contributed by atoms with van der Waals surface area (Å²) < 4.78 is 9.87. The van der Waals surface area contributed by atoms with Crippen LogP contribution in [0.1, 0.15) is 27.9 Å². The molecule has 0 fully saturated rings. The Morgan fingerprint density at radius 1 is 1.58 bits per heavy atom. The Kier molecular flexibility index (Phi) is 3.91. The third-order valence-corrected chi connectivity index (χ3v) is 2.43. The van der Waals surface area contributed by atoms with E-state index in [-0.39, 0.29) is 18.2 Å². The van der Waals surface area contributed by atoms with Crippen molar-refractivity contribution in [2.24, 2.45) is 0 Å². The zero-order valence-corrected chi connectivity index (χ0v) is 11.0. The van der Waals surface area contributed by atoms with E-state index in [9.17, 15) is 4.79 Å². The van der Waals surface area contributed by atoms with Crippen LogP contribution >= 0.6 is 0 Å². The fourth-order valence-corrected chi connectivity index (χ4v) is 1.56. The highest BCUT2D eigenvalue weighted by molar-refractivity contribution is 5.91. The number of hydrogen-bond donors (Lipinski definition) is 1. The van der Waals surface area contributed by atoms with Crippen LogP contribution in [0.4, 0.5) is 0 Å². The van der Waals surface area contributed by atoms with Gasteiger partial charge in [0.15, 0.2) is 17.3 Å². The lowest BCUT2D eigenvalue weighted by molar-refractivity contribution is 0.0770. The predicted octanol–water partition coefficient (Wildman–Crippen LogP) is 0.520. The number of carbonyl (C=O) groups is 1. The molecule has 0 bridgehead atoms. The fraction of sp³-hybridized carbons (Fsp3) is 0.455. The van der Waals surface area contributed by atoms with Gasteiger partial charge in [-0.15, -0.1) is 0 Å². The summed E-state index contributed by atoms with van der Waals surface area (Å²) in [7, 11) is 3.19. The molecule has 102 valence electrons. The number of ether oxygens (including phenoxy) is 1. The summed E-state index contributed by atoms with van der Waals surface area (Å²) in [4.78, 5) is 17.7. The number of hydrogen-bond acceptors (Lipinski definition) is 6. The minimum atomic E-state index is -0.256. The Labute approximate surface area is 109 Å².